The van der Waals surface area contributed by atoms with Gasteiger partial charge in [-0.25, -0.2) is 0 Å². The second kappa shape index (κ2) is 3.66. The average Bonchev–Trinajstić information content (AvgIpc) is 2.78. The van der Waals surface area contributed by atoms with Crippen LogP contribution in [0.3, 0.4) is 0 Å². The monoisotopic (exact) mass is 258 g/mol. The first-order valence-corrected chi connectivity index (χ1v) is 6.38. The second-order valence-corrected chi connectivity index (χ2v) is 5.11. The molecule has 0 bridgehead atoms. The van der Waals surface area contributed by atoms with Crippen molar-refractivity contribution in [3.63, 3.8) is 0 Å². The van der Waals surface area contributed by atoms with Crippen LogP contribution in [0.5, 0.6) is 11.5 Å². The lowest BCUT2D eigenvalue weighted by Crippen LogP contribution is -2.23. The van der Waals surface area contributed by atoms with E-state index in [1.807, 2.05) is 36.4 Å². The highest BCUT2D eigenvalue weighted by molar-refractivity contribution is 6.30. The Morgan fingerprint density at radius 3 is 2.83 bits per heavy atom. The summed E-state index contributed by atoms with van der Waals surface area (Å²) >= 11 is 6.07. The van der Waals surface area contributed by atoms with E-state index in [1.165, 1.54) is 5.56 Å². The summed E-state index contributed by atoms with van der Waals surface area (Å²) in [6, 6.07) is 13.9. The van der Waals surface area contributed by atoms with E-state index in [-0.39, 0.29) is 12.0 Å². The quantitative estimate of drug-likeness (QED) is 0.712. The summed E-state index contributed by atoms with van der Waals surface area (Å²) < 4.78 is 11.9. The van der Waals surface area contributed by atoms with E-state index in [2.05, 4.69) is 6.07 Å². The van der Waals surface area contributed by atoms with E-state index in [0.29, 0.717) is 6.61 Å². The highest BCUT2D eigenvalue weighted by Crippen LogP contribution is 2.51. The van der Waals surface area contributed by atoms with Crippen molar-refractivity contribution in [2.75, 3.05) is 6.61 Å². The Kier molecular flexibility index (Phi) is 2.09. The lowest BCUT2D eigenvalue weighted by atomic mass is 9.89. The van der Waals surface area contributed by atoms with Gasteiger partial charge in [-0.2, -0.15) is 0 Å². The van der Waals surface area contributed by atoms with E-state index >= 15 is 0 Å². The minimum Gasteiger partial charge on any atom is -0.492 e. The smallest absolute Gasteiger partial charge is 0.138 e. The Labute approximate surface area is 110 Å². The summed E-state index contributed by atoms with van der Waals surface area (Å²) in [5.41, 5.74) is 2.28. The molecule has 2 nitrogen and oxygen atoms in total. The fourth-order valence-electron chi connectivity index (χ4n) is 2.79. The van der Waals surface area contributed by atoms with Crippen molar-refractivity contribution >= 4 is 11.6 Å². The Morgan fingerprint density at radius 1 is 1.00 bits per heavy atom. The molecule has 2 aliphatic heterocycles. The number of fused-ring (bicyclic) bond motifs is 5. The maximum Gasteiger partial charge on any atom is 0.138 e. The lowest BCUT2D eigenvalue weighted by molar-refractivity contribution is 0.139. The minimum atomic E-state index is 0.0323. The summed E-state index contributed by atoms with van der Waals surface area (Å²) in [4.78, 5) is 0. The number of halogens is 1. The Balaban J connectivity index is 1.85. The van der Waals surface area contributed by atoms with Gasteiger partial charge in [0.1, 0.15) is 17.6 Å². The zero-order valence-electron chi connectivity index (χ0n) is 9.60. The van der Waals surface area contributed by atoms with E-state index < -0.39 is 0 Å². The van der Waals surface area contributed by atoms with Crippen molar-refractivity contribution in [3.8, 4) is 11.5 Å². The van der Waals surface area contributed by atoms with Crippen molar-refractivity contribution in [1.29, 1.82) is 0 Å². The fraction of sp³-hybridized carbons (Fsp3) is 0.200. The molecule has 3 heteroatoms. The number of hydrogen-bond acceptors (Lipinski definition) is 2. The SMILES string of the molecule is Clc1ccc2c(c1)[C@H]1Oc3ccccc3[C@H]1CO2. The van der Waals surface area contributed by atoms with Crippen LogP contribution < -0.4 is 9.47 Å². The average molecular weight is 259 g/mol. The van der Waals surface area contributed by atoms with Gasteiger partial charge in [0.05, 0.1) is 12.5 Å². The van der Waals surface area contributed by atoms with Crippen molar-refractivity contribution < 1.29 is 9.47 Å². The van der Waals surface area contributed by atoms with Crippen molar-refractivity contribution in [2.45, 2.75) is 12.0 Å². The number of rotatable bonds is 0. The molecular weight excluding hydrogens is 248 g/mol. The fourth-order valence-corrected chi connectivity index (χ4v) is 2.97. The van der Waals surface area contributed by atoms with Crippen LogP contribution in [-0.4, -0.2) is 6.61 Å². The first kappa shape index (κ1) is 10.3. The number of hydrogen-bond donors (Lipinski definition) is 0. The normalized spacial score (nSPS) is 23.4. The molecule has 2 aliphatic rings. The molecule has 0 aliphatic carbocycles. The van der Waals surface area contributed by atoms with Crippen molar-refractivity contribution in [3.05, 3.63) is 58.6 Å². The van der Waals surface area contributed by atoms with Gasteiger partial charge < -0.3 is 9.47 Å². The molecule has 0 radical (unpaired) electrons. The van der Waals surface area contributed by atoms with Crippen LogP contribution in [0.15, 0.2) is 42.5 Å². The van der Waals surface area contributed by atoms with E-state index in [0.717, 1.165) is 22.1 Å². The van der Waals surface area contributed by atoms with Crippen LogP contribution in [0.2, 0.25) is 5.02 Å². The highest BCUT2D eigenvalue weighted by atomic mass is 35.5. The van der Waals surface area contributed by atoms with E-state index in [4.69, 9.17) is 21.1 Å². The van der Waals surface area contributed by atoms with Crippen LogP contribution in [0, 0.1) is 0 Å². The first-order valence-electron chi connectivity index (χ1n) is 6.01. The van der Waals surface area contributed by atoms with Gasteiger partial charge in [0, 0.05) is 16.1 Å². The number of para-hydroxylation sites is 1. The molecule has 0 spiro atoms. The third kappa shape index (κ3) is 1.36. The minimum absolute atomic E-state index is 0.0323. The van der Waals surface area contributed by atoms with E-state index in [9.17, 15) is 0 Å². The summed E-state index contributed by atoms with van der Waals surface area (Å²) in [7, 11) is 0. The van der Waals surface area contributed by atoms with Gasteiger partial charge >= 0.3 is 0 Å². The van der Waals surface area contributed by atoms with Crippen LogP contribution in [0.25, 0.3) is 0 Å². The number of ether oxygens (including phenoxy) is 2. The summed E-state index contributed by atoms with van der Waals surface area (Å²) in [6.45, 7) is 0.663. The van der Waals surface area contributed by atoms with Crippen LogP contribution in [-0.2, 0) is 0 Å². The maximum atomic E-state index is 6.07. The topological polar surface area (TPSA) is 18.5 Å². The third-order valence-corrected chi connectivity index (χ3v) is 3.87. The maximum absolute atomic E-state index is 6.07. The zero-order valence-corrected chi connectivity index (χ0v) is 10.4. The highest BCUT2D eigenvalue weighted by Gasteiger charge is 2.40. The van der Waals surface area contributed by atoms with Gasteiger partial charge in [0.25, 0.3) is 0 Å². The van der Waals surface area contributed by atoms with Gasteiger partial charge in [-0.15, -0.1) is 0 Å². The Morgan fingerprint density at radius 2 is 1.89 bits per heavy atom. The summed E-state index contributed by atoms with van der Waals surface area (Å²) in [6.07, 6.45) is 0.0323. The molecule has 0 saturated carbocycles. The lowest BCUT2D eigenvalue weighted by Gasteiger charge is -2.27. The molecule has 2 atom stereocenters. The van der Waals surface area contributed by atoms with Gasteiger partial charge in [-0.05, 0) is 24.3 Å². The summed E-state index contributed by atoms with van der Waals surface area (Å²) in [5, 5.41) is 0.720. The molecular formula is C15H11ClO2. The van der Waals surface area contributed by atoms with Gasteiger partial charge in [0.15, 0.2) is 0 Å². The molecule has 0 saturated heterocycles. The molecule has 4 rings (SSSR count). The standard InChI is InChI=1S/C15H11ClO2/c16-9-5-6-13-11(7-9)15-12(8-17-13)10-3-1-2-4-14(10)18-15/h1-7,12,15H,8H2/t12-,15-/m1/s1. The predicted molar refractivity (Wildman–Crippen MR) is 69.5 cm³/mol. The molecule has 18 heavy (non-hydrogen) atoms. The Hall–Kier alpha value is -1.67. The van der Waals surface area contributed by atoms with Crippen LogP contribution >= 0.6 is 11.6 Å². The molecule has 0 N–H and O–H groups in total. The van der Waals surface area contributed by atoms with Gasteiger partial charge in [0.2, 0.25) is 0 Å². The first-order chi connectivity index (χ1) is 8.83. The largest absolute Gasteiger partial charge is 0.492 e. The predicted octanol–water partition coefficient (Wildman–Crippen LogP) is 3.95. The molecule has 0 unspecified atom stereocenters. The molecule has 90 valence electrons. The molecule has 2 heterocycles. The van der Waals surface area contributed by atoms with Gasteiger partial charge in [-0.3, -0.25) is 0 Å². The molecule has 2 aromatic carbocycles. The zero-order chi connectivity index (χ0) is 12.1. The van der Waals surface area contributed by atoms with Crippen molar-refractivity contribution in [2.24, 2.45) is 0 Å². The third-order valence-electron chi connectivity index (χ3n) is 3.63. The molecule has 0 aromatic heterocycles. The van der Waals surface area contributed by atoms with E-state index in [1.54, 1.807) is 0 Å². The van der Waals surface area contributed by atoms with Crippen molar-refractivity contribution in [1.82, 2.24) is 0 Å². The van der Waals surface area contributed by atoms with Gasteiger partial charge in [-0.1, -0.05) is 29.8 Å². The number of benzene rings is 2. The molecule has 0 fully saturated rings. The molecule has 2 aromatic rings. The Bertz CT molecular complexity index is 624. The summed E-state index contributed by atoms with van der Waals surface area (Å²) in [5.74, 6) is 2.12. The molecule has 0 amide bonds. The van der Waals surface area contributed by atoms with Crippen LogP contribution in [0.4, 0.5) is 0 Å². The van der Waals surface area contributed by atoms with Crippen LogP contribution in [0.1, 0.15) is 23.1 Å². The second-order valence-electron chi connectivity index (χ2n) is 4.68.